The number of aryl methyl sites for hydroxylation is 1. The summed E-state index contributed by atoms with van der Waals surface area (Å²) in [6.45, 7) is 3.65. The third kappa shape index (κ3) is 5.56. The van der Waals surface area contributed by atoms with Gasteiger partial charge in [-0.15, -0.1) is 0 Å². The molecular weight excluding hydrogens is 462 g/mol. The molecule has 2 aromatic heterocycles. The zero-order valence-corrected chi connectivity index (χ0v) is 21.5. The maximum Gasteiger partial charge on any atom is 0.272 e. The summed E-state index contributed by atoms with van der Waals surface area (Å²) >= 11 is 0. The summed E-state index contributed by atoms with van der Waals surface area (Å²) in [5.74, 6) is 0.309. The fourth-order valence-corrected chi connectivity index (χ4v) is 5.35. The van der Waals surface area contributed by atoms with Crippen molar-refractivity contribution in [2.24, 2.45) is 5.92 Å². The lowest BCUT2D eigenvalue weighted by molar-refractivity contribution is -0.134. The first-order chi connectivity index (χ1) is 18.0. The lowest BCUT2D eigenvalue weighted by Crippen LogP contribution is -2.49. The molecule has 3 heterocycles. The van der Waals surface area contributed by atoms with Crippen molar-refractivity contribution in [1.29, 1.82) is 0 Å². The predicted molar refractivity (Wildman–Crippen MR) is 144 cm³/mol. The minimum Gasteiger partial charge on any atom is -0.341 e. The maximum atomic E-state index is 13.3. The van der Waals surface area contributed by atoms with Gasteiger partial charge < -0.3 is 9.80 Å². The molecule has 37 heavy (non-hydrogen) atoms. The van der Waals surface area contributed by atoms with E-state index in [9.17, 15) is 9.59 Å². The normalized spacial score (nSPS) is 15.0. The van der Waals surface area contributed by atoms with Crippen LogP contribution in [0, 0.1) is 12.8 Å². The van der Waals surface area contributed by atoms with Gasteiger partial charge in [-0.25, -0.2) is 4.98 Å². The van der Waals surface area contributed by atoms with Crippen LogP contribution in [0.4, 0.5) is 0 Å². The predicted octanol–water partition coefficient (Wildman–Crippen LogP) is 4.36. The van der Waals surface area contributed by atoms with Gasteiger partial charge in [0.25, 0.3) is 5.91 Å². The van der Waals surface area contributed by atoms with E-state index in [0.717, 1.165) is 30.2 Å². The standard InChI is InChI=1S/C30H33N5O2/c1-22-8-3-4-10-25(22)20-28(33(2)29(36)21-35-17-7-16-31-35)24-14-18-34(19-15-24)30(37)27-13-12-23-9-5-6-11-26(23)32-27/h3-13,16-17,24,28H,14-15,18-21H2,1-2H3. The van der Waals surface area contributed by atoms with Gasteiger partial charge in [-0.3, -0.25) is 14.3 Å². The van der Waals surface area contributed by atoms with Crippen LogP contribution < -0.4 is 0 Å². The first kappa shape index (κ1) is 24.7. The van der Waals surface area contributed by atoms with Crippen LogP contribution in [0.3, 0.4) is 0 Å². The number of benzene rings is 2. The van der Waals surface area contributed by atoms with Gasteiger partial charge in [0.05, 0.1) is 5.52 Å². The number of para-hydroxylation sites is 1. The number of likely N-dealkylation sites (N-methyl/N-ethyl adjacent to an activating group) is 1. The number of hydrogen-bond acceptors (Lipinski definition) is 4. The molecule has 1 aliphatic rings. The van der Waals surface area contributed by atoms with E-state index >= 15 is 0 Å². The summed E-state index contributed by atoms with van der Waals surface area (Å²) in [6, 6.07) is 21.9. The number of amides is 2. The fraction of sp³-hybridized carbons (Fsp3) is 0.333. The third-order valence-electron chi connectivity index (χ3n) is 7.63. The zero-order chi connectivity index (χ0) is 25.8. The number of carbonyl (C=O) groups excluding carboxylic acids is 2. The number of carbonyl (C=O) groups is 2. The van der Waals surface area contributed by atoms with Crippen molar-refractivity contribution in [3.63, 3.8) is 0 Å². The van der Waals surface area contributed by atoms with Gasteiger partial charge in [0.2, 0.25) is 5.91 Å². The van der Waals surface area contributed by atoms with E-state index in [1.165, 1.54) is 11.1 Å². The topological polar surface area (TPSA) is 71.3 Å². The van der Waals surface area contributed by atoms with E-state index in [0.29, 0.717) is 24.7 Å². The van der Waals surface area contributed by atoms with Gasteiger partial charge in [-0.2, -0.15) is 5.10 Å². The number of rotatable bonds is 7. The molecule has 5 rings (SSSR count). The Labute approximate surface area is 217 Å². The molecule has 1 atom stereocenters. The van der Waals surface area contributed by atoms with Crippen molar-refractivity contribution in [2.45, 2.75) is 38.8 Å². The van der Waals surface area contributed by atoms with Crippen LogP contribution in [0.2, 0.25) is 0 Å². The summed E-state index contributed by atoms with van der Waals surface area (Å²) in [4.78, 5) is 34.9. The second kappa shape index (κ2) is 10.9. The Morgan fingerprint density at radius 3 is 2.51 bits per heavy atom. The number of aromatic nitrogens is 3. The minimum absolute atomic E-state index is 0.0252. The largest absolute Gasteiger partial charge is 0.341 e. The monoisotopic (exact) mass is 495 g/mol. The number of nitrogens with zero attached hydrogens (tertiary/aromatic N) is 5. The molecule has 4 aromatic rings. The average molecular weight is 496 g/mol. The van der Waals surface area contributed by atoms with Crippen molar-refractivity contribution < 1.29 is 9.59 Å². The Balaban J connectivity index is 1.30. The van der Waals surface area contributed by atoms with E-state index in [4.69, 9.17) is 0 Å². The molecule has 0 bridgehead atoms. The Kier molecular flexibility index (Phi) is 7.30. The third-order valence-corrected chi connectivity index (χ3v) is 7.63. The highest BCUT2D eigenvalue weighted by Gasteiger charge is 2.33. The van der Waals surface area contributed by atoms with Crippen LogP contribution >= 0.6 is 0 Å². The van der Waals surface area contributed by atoms with E-state index < -0.39 is 0 Å². The van der Waals surface area contributed by atoms with Crippen LogP contribution in [0.25, 0.3) is 10.9 Å². The van der Waals surface area contributed by atoms with E-state index in [-0.39, 0.29) is 24.4 Å². The van der Waals surface area contributed by atoms with Gasteiger partial charge in [0.1, 0.15) is 12.2 Å². The van der Waals surface area contributed by atoms with Crippen LogP contribution in [-0.4, -0.2) is 62.6 Å². The van der Waals surface area contributed by atoms with Crippen molar-refractivity contribution in [3.05, 3.63) is 95.9 Å². The highest BCUT2D eigenvalue weighted by Crippen LogP contribution is 2.28. The second-order valence-corrected chi connectivity index (χ2v) is 9.93. The van der Waals surface area contributed by atoms with Crippen molar-refractivity contribution >= 4 is 22.7 Å². The summed E-state index contributed by atoms with van der Waals surface area (Å²) in [7, 11) is 1.91. The highest BCUT2D eigenvalue weighted by atomic mass is 16.2. The Morgan fingerprint density at radius 1 is 1.00 bits per heavy atom. The minimum atomic E-state index is -0.0252. The fourth-order valence-electron chi connectivity index (χ4n) is 5.35. The number of piperidine rings is 1. The van der Waals surface area contributed by atoms with Gasteiger partial charge in [-0.1, -0.05) is 48.5 Å². The van der Waals surface area contributed by atoms with E-state index in [2.05, 4.69) is 35.2 Å². The lowest BCUT2D eigenvalue weighted by Gasteiger charge is -2.40. The van der Waals surface area contributed by atoms with Gasteiger partial charge in [-0.05, 0) is 61.4 Å². The van der Waals surface area contributed by atoms with E-state index in [1.54, 1.807) is 10.9 Å². The number of fused-ring (bicyclic) bond motifs is 1. The molecule has 0 aliphatic carbocycles. The van der Waals surface area contributed by atoms with Crippen molar-refractivity contribution in [3.8, 4) is 0 Å². The number of hydrogen-bond donors (Lipinski definition) is 0. The van der Waals surface area contributed by atoms with E-state index in [1.807, 2.05) is 71.6 Å². The molecule has 1 fully saturated rings. The molecule has 2 aromatic carbocycles. The van der Waals surface area contributed by atoms with Crippen molar-refractivity contribution in [1.82, 2.24) is 24.6 Å². The zero-order valence-electron chi connectivity index (χ0n) is 21.5. The van der Waals surface area contributed by atoms with Crippen LogP contribution in [-0.2, 0) is 17.8 Å². The molecule has 0 radical (unpaired) electrons. The Morgan fingerprint density at radius 2 is 1.76 bits per heavy atom. The summed E-state index contributed by atoms with van der Waals surface area (Å²) in [6.07, 6.45) is 5.98. The summed E-state index contributed by atoms with van der Waals surface area (Å²) < 4.78 is 1.67. The quantitative estimate of drug-likeness (QED) is 0.382. The molecule has 0 saturated carbocycles. The molecule has 0 spiro atoms. The number of pyridine rings is 1. The van der Waals surface area contributed by atoms with Crippen LogP contribution in [0.5, 0.6) is 0 Å². The molecule has 1 unspecified atom stereocenters. The molecule has 2 amide bonds. The first-order valence-corrected chi connectivity index (χ1v) is 12.9. The molecule has 190 valence electrons. The first-order valence-electron chi connectivity index (χ1n) is 12.9. The maximum absolute atomic E-state index is 13.3. The Hall–Kier alpha value is -4.00. The molecule has 1 aliphatic heterocycles. The Bertz CT molecular complexity index is 1380. The highest BCUT2D eigenvalue weighted by molar-refractivity contribution is 5.95. The second-order valence-electron chi connectivity index (χ2n) is 9.93. The van der Waals surface area contributed by atoms with Gasteiger partial charge in [0, 0.05) is 44.0 Å². The van der Waals surface area contributed by atoms with Gasteiger partial charge in [0.15, 0.2) is 0 Å². The SMILES string of the molecule is Cc1ccccc1CC(C1CCN(C(=O)c2ccc3ccccc3n2)CC1)N(C)C(=O)Cn1cccn1. The molecule has 0 N–H and O–H groups in total. The number of likely N-dealkylation sites (tertiary alicyclic amines) is 1. The molecule has 7 heteroatoms. The molecule has 7 nitrogen and oxygen atoms in total. The molecule has 1 saturated heterocycles. The smallest absolute Gasteiger partial charge is 0.272 e. The summed E-state index contributed by atoms with van der Waals surface area (Å²) in [5, 5.41) is 5.23. The summed E-state index contributed by atoms with van der Waals surface area (Å²) in [5.41, 5.74) is 3.81. The van der Waals surface area contributed by atoms with Crippen molar-refractivity contribution in [2.75, 3.05) is 20.1 Å². The molecular formula is C30H33N5O2. The van der Waals surface area contributed by atoms with Crippen LogP contribution in [0.15, 0.2) is 79.1 Å². The van der Waals surface area contributed by atoms with Crippen LogP contribution in [0.1, 0.15) is 34.5 Å². The lowest BCUT2D eigenvalue weighted by atomic mass is 9.84. The van der Waals surface area contributed by atoms with Gasteiger partial charge >= 0.3 is 0 Å². The average Bonchev–Trinajstić information content (AvgIpc) is 3.45.